The summed E-state index contributed by atoms with van der Waals surface area (Å²) in [5, 5.41) is 8.04. The molecule has 0 saturated heterocycles. The molecule has 0 saturated carbocycles. The molecule has 0 aromatic rings. The van der Waals surface area contributed by atoms with Crippen molar-refractivity contribution in [3.63, 3.8) is 0 Å². The van der Waals surface area contributed by atoms with Gasteiger partial charge in [0.05, 0.1) is 6.26 Å². The lowest BCUT2D eigenvalue weighted by atomic mass is 10.5. The second-order valence-corrected chi connectivity index (χ2v) is 1.24. The third kappa shape index (κ3) is 6.75. The maximum Gasteiger partial charge on any atom is 0.328 e. The molecular weight excluding hydrogens is 120 g/mol. The van der Waals surface area contributed by atoms with Crippen molar-refractivity contribution in [1.82, 2.24) is 0 Å². The van der Waals surface area contributed by atoms with Gasteiger partial charge < -0.3 is 9.84 Å². The molecule has 1 N–H and O–H groups in total. The molecule has 0 aromatic carbocycles. The van der Waals surface area contributed by atoms with Gasteiger partial charge in [0.1, 0.15) is 6.61 Å². The number of carboxylic acid groups (broad SMARTS) is 1. The second-order valence-electron chi connectivity index (χ2n) is 1.24. The Morgan fingerprint density at radius 2 is 2.44 bits per heavy atom. The van der Waals surface area contributed by atoms with Gasteiger partial charge in [-0.15, -0.1) is 0 Å². The fourth-order valence-electron chi connectivity index (χ4n) is 0.273. The van der Waals surface area contributed by atoms with Crippen LogP contribution in [0, 0.1) is 0 Å². The number of aliphatic carboxylic acids is 1. The molecule has 0 heterocycles. The molecule has 50 valence electrons. The highest BCUT2D eigenvalue weighted by atomic mass is 16.5. The van der Waals surface area contributed by atoms with Gasteiger partial charge in [-0.1, -0.05) is 6.58 Å². The second kappa shape index (κ2) is 4.90. The number of carboxylic acids is 1. The summed E-state index contributed by atoms with van der Waals surface area (Å²) in [6.45, 7) is 3.53. The molecule has 9 heavy (non-hydrogen) atoms. The Kier molecular flexibility index (Phi) is 4.22. The van der Waals surface area contributed by atoms with E-state index in [2.05, 4.69) is 11.3 Å². The minimum absolute atomic E-state index is 0.260. The van der Waals surface area contributed by atoms with Gasteiger partial charge in [-0.05, 0) is 6.08 Å². The molecule has 0 rings (SSSR count). The highest BCUT2D eigenvalue weighted by Crippen LogP contribution is 1.76. The lowest BCUT2D eigenvalue weighted by Gasteiger charge is -1.88. The third-order valence-electron chi connectivity index (χ3n) is 0.571. The Labute approximate surface area is 53.3 Å². The topological polar surface area (TPSA) is 46.5 Å². The van der Waals surface area contributed by atoms with E-state index in [1.807, 2.05) is 0 Å². The molecule has 0 amide bonds. The summed E-state index contributed by atoms with van der Waals surface area (Å²) in [5.41, 5.74) is 0. The average molecular weight is 128 g/mol. The summed E-state index contributed by atoms with van der Waals surface area (Å²) in [5.74, 6) is -0.970. The summed E-state index contributed by atoms with van der Waals surface area (Å²) in [6.07, 6.45) is 3.67. The van der Waals surface area contributed by atoms with Crippen molar-refractivity contribution in [3.8, 4) is 0 Å². The summed E-state index contributed by atoms with van der Waals surface area (Å²) in [7, 11) is 0. The van der Waals surface area contributed by atoms with E-state index in [0.29, 0.717) is 0 Å². The fourth-order valence-corrected chi connectivity index (χ4v) is 0.273. The Morgan fingerprint density at radius 3 is 2.89 bits per heavy atom. The molecular formula is C6H8O3. The van der Waals surface area contributed by atoms with Gasteiger partial charge in [-0.3, -0.25) is 0 Å². The summed E-state index contributed by atoms with van der Waals surface area (Å²) in [4.78, 5) is 9.79. The SMILES string of the molecule is C=COCC=CC(=O)O. The first kappa shape index (κ1) is 7.75. The molecule has 3 nitrogen and oxygen atoms in total. The van der Waals surface area contributed by atoms with Crippen LogP contribution in [0.1, 0.15) is 0 Å². The van der Waals surface area contributed by atoms with Crippen molar-refractivity contribution in [1.29, 1.82) is 0 Å². The number of rotatable bonds is 4. The van der Waals surface area contributed by atoms with Gasteiger partial charge >= 0.3 is 5.97 Å². The molecule has 0 bridgehead atoms. The van der Waals surface area contributed by atoms with Crippen molar-refractivity contribution in [2.24, 2.45) is 0 Å². The molecule has 0 aromatic heterocycles. The highest BCUT2D eigenvalue weighted by Gasteiger charge is 1.81. The minimum Gasteiger partial charge on any atom is -0.498 e. The first-order chi connectivity index (χ1) is 4.27. The lowest BCUT2D eigenvalue weighted by Crippen LogP contribution is -1.88. The largest absolute Gasteiger partial charge is 0.498 e. The minimum atomic E-state index is -0.970. The molecule has 0 aliphatic heterocycles. The van der Waals surface area contributed by atoms with E-state index in [9.17, 15) is 4.79 Å². The summed E-state index contributed by atoms with van der Waals surface area (Å²) >= 11 is 0. The maximum atomic E-state index is 9.79. The molecule has 0 fully saturated rings. The first-order valence-electron chi connectivity index (χ1n) is 2.39. The number of ether oxygens (including phenoxy) is 1. The van der Waals surface area contributed by atoms with Crippen molar-refractivity contribution in [3.05, 3.63) is 25.0 Å². The van der Waals surface area contributed by atoms with Crippen LogP contribution in [0.5, 0.6) is 0 Å². The average Bonchev–Trinajstić information content (AvgIpc) is 1.80. The van der Waals surface area contributed by atoms with E-state index < -0.39 is 5.97 Å². The van der Waals surface area contributed by atoms with E-state index in [4.69, 9.17) is 5.11 Å². The number of carbonyl (C=O) groups is 1. The summed E-state index contributed by atoms with van der Waals surface area (Å²) in [6, 6.07) is 0. The molecule has 0 aliphatic carbocycles. The van der Waals surface area contributed by atoms with Gasteiger partial charge in [0.25, 0.3) is 0 Å². The standard InChI is InChI=1S/C6H8O3/c1-2-9-5-3-4-6(7)8/h2-4H,1,5H2,(H,7,8). The van der Waals surface area contributed by atoms with Crippen LogP contribution in [0.4, 0.5) is 0 Å². The van der Waals surface area contributed by atoms with E-state index in [1.165, 1.54) is 12.3 Å². The molecule has 0 radical (unpaired) electrons. The molecule has 0 atom stereocenters. The normalized spacial score (nSPS) is 9.33. The van der Waals surface area contributed by atoms with E-state index >= 15 is 0 Å². The Balaban J connectivity index is 3.24. The third-order valence-corrected chi connectivity index (χ3v) is 0.571. The van der Waals surface area contributed by atoms with Crippen LogP contribution in [0.2, 0.25) is 0 Å². The predicted octanol–water partition coefficient (Wildman–Crippen LogP) is 0.787. The van der Waals surface area contributed by atoms with Crippen LogP contribution >= 0.6 is 0 Å². The van der Waals surface area contributed by atoms with Crippen LogP contribution in [0.15, 0.2) is 25.0 Å². The quantitative estimate of drug-likeness (QED) is 0.346. The molecule has 3 heteroatoms. The van der Waals surface area contributed by atoms with Crippen molar-refractivity contribution in [2.75, 3.05) is 6.61 Å². The Hall–Kier alpha value is -1.25. The van der Waals surface area contributed by atoms with Gasteiger partial charge in [0.15, 0.2) is 0 Å². The van der Waals surface area contributed by atoms with E-state index in [0.717, 1.165) is 6.08 Å². The number of hydrogen-bond donors (Lipinski definition) is 1. The van der Waals surface area contributed by atoms with Crippen molar-refractivity contribution in [2.45, 2.75) is 0 Å². The Bertz CT molecular complexity index is 126. The Morgan fingerprint density at radius 1 is 1.78 bits per heavy atom. The molecule has 0 aliphatic rings. The smallest absolute Gasteiger partial charge is 0.328 e. The van der Waals surface area contributed by atoms with Crippen LogP contribution in [-0.4, -0.2) is 17.7 Å². The first-order valence-corrected chi connectivity index (χ1v) is 2.39. The van der Waals surface area contributed by atoms with Crippen LogP contribution in [0.3, 0.4) is 0 Å². The van der Waals surface area contributed by atoms with E-state index in [1.54, 1.807) is 0 Å². The van der Waals surface area contributed by atoms with Gasteiger partial charge in [0, 0.05) is 6.08 Å². The molecule has 0 unspecified atom stereocenters. The number of hydrogen-bond acceptors (Lipinski definition) is 2. The van der Waals surface area contributed by atoms with Crippen LogP contribution < -0.4 is 0 Å². The van der Waals surface area contributed by atoms with Gasteiger partial charge in [-0.2, -0.15) is 0 Å². The maximum absolute atomic E-state index is 9.79. The van der Waals surface area contributed by atoms with Crippen LogP contribution in [-0.2, 0) is 9.53 Å². The monoisotopic (exact) mass is 128 g/mol. The zero-order valence-corrected chi connectivity index (χ0v) is 4.91. The van der Waals surface area contributed by atoms with Crippen LogP contribution in [0.25, 0.3) is 0 Å². The summed E-state index contributed by atoms with van der Waals surface area (Å²) < 4.78 is 4.60. The highest BCUT2D eigenvalue weighted by molar-refractivity contribution is 5.79. The predicted molar refractivity (Wildman–Crippen MR) is 32.9 cm³/mol. The van der Waals surface area contributed by atoms with Gasteiger partial charge in [-0.25, -0.2) is 4.79 Å². The van der Waals surface area contributed by atoms with Crippen molar-refractivity contribution >= 4 is 5.97 Å². The lowest BCUT2D eigenvalue weighted by molar-refractivity contribution is -0.131. The zero-order chi connectivity index (χ0) is 7.11. The van der Waals surface area contributed by atoms with E-state index in [-0.39, 0.29) is 6.61 Å². The fraction of sp³-hybridized carbons (Fsp3) is 0.167. The zero-order valence-electron chi connectivity index (χ0n) is 4.91. The van der Waals surface area contributed by atoms with Gasteiger partial charge in [0.2, 0.25) is 0 Å². The van der Waals surface area contributed by atoms with Crippen molar-refractivity contribution < 1.29 is 14.6 Å². The molecule has 0 spiro atoms.